The van der Waals surface area contributed by atoms with Gasteiger partial charge < -0.3 is 4.90 Å². The van der Waals surface area contributed by atoms with Crippen LogP contribution >= 0.6 is 0 Å². The van der Waals surface area contributed by atoms with Crippen molar-refractivity contribution < 1.29 is 4.79 Å². The number of hydrogen-bond donors (Lipinski definition) is 2. The van der Waals surface area contributed by atoms with Gasteiger partial charge in [0, 0.05) is 36.6 Å². The zero-order chi connectivity index (χ0) is 13.1. The molecular weight excluding hydrogens is 230 g/mol. The van der Waals surface area contributed by atoms with Crippen LogP contribution in [0.15, 0.2) is 12.4 Å². The van der Waals surface area contributed by atoms with Crippen molar-refractivity contribution in [3.63, 3.8) is 0 Å². The number of carbonyl (C=O) groups excluding carboxylic acids is 1. The van der Waals surface area contributed by atoms with Gasteiger partial charge in [-0.25, -0.2) is 0 Å². The number of nitrogens with zero attached hydrogens (tertiary/aromatic N) is 3. The van der Waals surface area contributed by atoms with Crippen LogP contribution in [0.2, 0.25) is 0 Å². The second kappa shape index (κ2) is 5.03. The van der Waals surface area contributed by atoms with Gasteiger partial charge in [-0.3, -0.25) is 15.0 Å². The summed E-state index contributed by atoms with van der Waals surface area (Å²) < 4.78 is 0. The highest BCUT2D eigenvalue weighted by Crippen LogP contribution is 2.12. The molecule has 6 heteroatoms. The van der Waals surface area contributed by atoms with E-state index in [1.165, 1.54) is 0 Å². The molecule has 6 nitrogen and oxygen atoms in total. The van der Waals surface area contributed by atoms with Crippen LogP contribution in [0.25, 0.3) is 0 Å². The van der Waals surface area contributed by atoms with E-state index in [0.29, 0.717) is 13.0 Å². The molecule has 0 aromatic carbocycles. The molecule has 0 spiro atoms. The maximum absolute atomic E-state index is 12.1. The number of carbonyl (C=O) groups is 1. The molecule has 0 aliphatic rings. The van der Waals surface area contributed by atoms with E-state index >= 15 is 0 Å². The second-order valence-electron chi connectivity index (χ2n) is 4.45. The molecule has 0 atom stereocenters. The van der Waals surface area contributed by atoms with Gasteiger partial charge in [0.05, 0.1) is 18.3 Å². The standard InChI is InChI=1S/C12H17N5O/c1-8-11(9(2)16-15-8)4-12(18)17(3)7-10-5-13-14-6-10/h5-6H,4,7H2,1-3H3,(H,13,14)(H,15,16). The third-order valence-corrected chi connectivity index (χ3v) is 3.01. The van der Waals surface area contributed by atoms with Crippen LogP contribution in [0.5, 0.6) is 0 Å². The van der Waals surface area contributed by atoms with E-state index in [1.807, 2.05) is 13.8 Å². The summed E-state index contributed by atoms with van der Waals surface area (Å²) in [4.78, 5) is 13.8. The molecule has 2 heterocycles. The molecule has 96 valence electrons. The number of amides is 1. The summed E-state index contributed by atoms with van der Waals surface area (Å²) in [6.07, 6.45) is 3.89. The number of aromatic amines is 2. The Bertz CT molecular complexity index is 509. The van der Waals surface area contributed by atoms with E-state index in [9.17, 15) is 4.79 Å². The molecule has 0 aliphatic heterocycles. The second-order valence-corrected chi connectivity index (χ2v) is 4.45. The normalized spacial score (nSPS) is 10.6. The third kappa shape index (κ3) is 2.58. The first-order valence-electron chi connectivity index (χ1n) is 5.80. The number of likely N-dealkylation sites (N-methyl/N-ethyl adjacent to an activating group) is 1. The first-order valence-corrected chi connectivity index (χ1v) is 5.80. The van der Waals surface area contributed by atoms with Gasteiger partial charge in [0.25, 0.3) is 0 Å². The SMILES string of the molecule is Cc1n[nH]c(C)c1CC(=O)N(C)Cc1cn[nH]c1. The largest absolute Gasteiger partial charge is 0.341 e. The van der Waals surface area contributed by atoms with E-state index in [4.69, 9.17) is 0 Å². The Balaban J connectivity index is 2.00. The fourth-order valence-electron chi connectivity index (χ4n) is 1.85. The Morgan fingerprint density at radius 3 is 2.78 bits per heavy atom. The Kier molecular flexibility index (Phi) is 3.45. The minimum atomic E-state index is 0.0730. The van der Waals surface area contributed by atoms with E-state index in [-0.39, 0.29) is 5.91 Å². The van der Waals surface area contributed by atoms with Crippen LogP contribution in [-0.4, -0.2) is 38.2 Å². The first-order chi connectivity index (χ1) is 8.58. The van der Waals surface area contributed by atoms with E-state index < -0.39 is 0 Å². The maximum Gasteiger partial charge on any atom is 0.227 e. The Labute approximate surface area is 105 Å². The summed E-state index contributed by atoms with van der Waals surface area (Å²) in [5.74, 6) is 0.0730. The molecule has 0 unspecified atom stereocenters. The van der Waals surface area contributed by atoms with Gasteiger partial charge in [0.15, 0.2) is 0 Å². The van der Waals surface area contributed by atoms with Crippen molar-refractivity contribution in [1.82, 2.24) is 25.3 Å². The number of nitrogens with one attached hydrogen (secondary N) is 2. The highest BCUT2D eigenvalue weighted by Gasteiger charge is 2.15. The smallest absolute Gasteiger partial charge is 0.227 e. The van der Waals surface area contributed by atoms with Gasteiger partial charge in [0.1, 0.15) is 0 Å². The Hall–Kier alpha value is -2.11. The zero-order valence-corrected chi connectivity index (χ0v) is 10.8. The highest BCUT2D eigenvalue weighted by atomic mass is 16.2. The van der Waals surface area contributed by atoms with Crippen molar-refractivity contribution in [2.45, 2.75) is 26.8 Å². The van der Waals surface area contributed by atoms with Gasteiger partial charge in [-0.05, 0) is 13.8 Å². The topological polar surface area (TPSA) is 77.7 Å². The van der Waals surface area contributed by atoms with E-state index in [2.05, 4.69) is 20.4 Å². The lowest BCUT2D eigenvalue weighted by Gasteiger charge is -2.16. The molecule has 0 fully saturated rings. The average molecular weight is 247 g/mol. The van der Waals surface area contributed by atoms with E-state index in [0.717, 1.165) is 22.5 Å². The maximum atomic E-state index is 12.1. The van der Waals surface area contributed by atoms with Gasteiger partial charge in [-0.1, -0.05) is 0 Å². The zero-order valence-electron chi connectivity index (χ0n) is 10.8. The van der Waals surface area contributed by atoms with Crippen molar-refractivity contribution in [2.24, 2.45) is 0 Å². The van der Waals surface area contributed by atoms with E-state index in [1.54, 1.807) is 24.3 Å². The lowest BCUT2D eigenvalue weighted by atomic mass is 10.1. The summed E-state index contributed by atoms with van der Waals surface area (Å²) in [6.45, 7) is 4.39. The molecule has 18 heavy (non-hydrogen) atoms. The summed E-state index contributed by atoms with van der Waals surface area (Å²) in [5.41, 5.74) is 3.82. The van der Waals surface area contributed by atoms with Crippen molar-refractivity contribution in [3.8, 4) is 0 Å². The quantitative estimate of drug-likeness (QED) is 0.844. The lowest BCUT2D eigenvalue weighted by molar-refractivity contribution is -0.129. The van der Waals surface area contributed by atoms with Gasteiger partial charge in [-0.2, -0.15) is 10.2 Å². The molecule has 0 bridgehead atoms. The average Bonchev–Trinajstić information content (AvgIpc) is 2.94. The minimum absolute atomic E-state index is 0.0730. The number of rotatable bonds is 4. The fraction of sp³-hybridized carbons (Fsp3) is 0.417. The van der Waals surface area contributed by atoms with Crippen molar-refractivity contribution >= 4 is 5.91 Å². The summed E-state index contributed by atoms with van der Waals surface area (Å²) in [5, 5.41) is 13.6. The monoisotopic (exact) mass is 247 g/mol. The fourth-order valence-corrected chi connectivity index (χ4v) is 1.85. The van der Waals surface area contributed by atoms with Crippen molar-refractivity contribution in [1.29, 1.82) is 0 Å². The number of aromatic nitrogens is 4. The molecule has 2 rings (SSSR count). The molecule has 0 aliphatic carbocycles. The summed E-state index contributed by atoms with van der Waals surface area (Å²) in [7, 11) is 1.79. The lowest BCUT2D eigenvalue weighted by Crippen LogP contribution is -2.27. The molecular formula is C12H17N5O. The van der Waals surface area contributed by atoms with Crippen LogP contribution in [0, 0.1) is 13.8 Å². The predicted molar refractivity (Wildman–Crippen MR) is 66.8 cm³/mol. The van der Waals surface area contributed by atoms with Crippen LogP contribution in [0.3, 0.4) is 0 Å². The highest BCUT2D eigenvalue weighted by molar-refractivity contribution is 5.79. The van der Waals surface area contributed by atoms with Crippen molar-refractivity contribution in [2.75, 3.05) is 7.05 Å². The van der Waals surface area contributed by atoms with Crippen LogP contribution in [-0.2, 0) is 17.8 Å². The molecule has 2 N–H and O–H groups in total. The Morgan fingerprint density at radius 2 is 2.22 bits per heavy atom. The molecule has 2 aromatic rings. The molecule has 1 amide bonds. The summed E-state index contributed by atoms with van der Waals surface area (Å²) >= 11 is 0. The van der Waals surface area contributed by atoms with Crippen molar-refractivity contribution in [3.05, 3.63) is 34.9 Å². The number of aryl methyl sites for hydroxylation is 2. The van der Waals surface area contributed by atoms with Crippen LogP contribution in [0.4, 0.5) is 0 Å². The first kappa shape index (κ1) is 12.3. The number of H-pyrrole nitrogens is 2. The minimum Gasteiger partial charge on any atom is -0.341 e. The number of hydrogen-bond acceptors (Lipinski definition) is 3. The van der Waals surface area contributed by atoms with Gasteiger partial charge in [-0.15, -0.1) is 0 Å². The predicted octanol–water partition coefficient (Wildman–Crippen LogP) is 0.951. The molecule has 2 aromatic heterocycles. The van der Waals surface area contributed by atoms with Gasteiger partial charge in [0.2, 0.25) is 5.91 Å². The van der Waals surface area contributed by atoms with Crippen LogP contribution in [0.1, 0.15) is 22.5 Å². The molecule has 0 saturated heterocycles. The van der Waals surface area contributed by atoms with Gasteiger partial charge >= 0.3 is 0 Å². The molecule has 0 radical (unpaired) electrons. The third-order valence-electron chi connectivity index (χ3n) is 3.01. The summed E-state index contributed by atoms with van der Waals surface area (Å²) in [6, 6.07) is 0. The Morgan fingerprint density at radius 1 is 1.44 bits per heavy atom. The van der Waals surface area contributed by atoms with Crippen LogP contribution < -0.4 is 0 Å². The molecule has 0 saturated carbocycles.